The summed E-state index contributed by atoms with van der Waals surface area (Å²) >= 11 is 1.43. The van der Waals surface area contributed by atoms with Crippen molar-refractivity contribution < 1.29 is 13.9 Å². The van der Waals surface area contributed by atoms with Crippen LogP contribution in [0.25, 0.3) is 0 Å². The predicted molar refractivity (Wildman–Crippen MR) is 124 cm³/mol. The van der Waals surface area contributed by atoms with Crippen LogP contribution in [0.1, 0.15) is 29.7 Å². The van der Waals surface area contributed by atoms with Crippen LogP contribution in [-0.2, 0) is 29.6 Å². The fraction of sp³-hybridized carbons (Fsp3) is 0.292. The van der Waals surface area contributed by atoms with E-state index in [1.165, 1.54) is 36.0 Å². The number of hydrogen-bond donors (Lipinski definition) is 1. The normalized spacial score (nSPS) is 10.8. The summed E-state index contributed by atoms with van der Waals surface area (Å²) < 4.78 is 19.8. The van der Waals surface area contributed by atoms with E-state index in [2.05, 4.69) is 10.3 Å². The minimum Gasteiger partial charge on any atom is -0.378 e. The highest BCUT2D eigenvalue weighted by Gasteiger charge is 2.16. The number of carbonyl (C=O) groups excluding carboxylic acids is 1. The van der Waals surface area contributed by atoms with Crippen molar-refractivity contribution in [2.24, 2.45) is 7.05 Å². The smallest absolute Gasteiger partial charge is 0.257 e. The number of rotatable bonds is 10. The third-order valence-electron chi connectivity index (χ3n) is 4.84. The predicted octanol–water partition coefficient (Wildman–Crippen LogP) is 4.17. The molecule has 0 unspecified atom stereocenters. The van der Waals surface area contributed by atoms with Gasteiger partial charge < -0.3 is 10.1 Å². The first kappa shape index (κ1) is 23.7. The molecule has 0 aliphatic heterocycles. The van der Waals surface area contributed by atoms with Gasteiger partial charge in [0.05, 0.1) is 12.3 Å². The quantitative estimate of drug-likeness (QED) is 0.282. The molecule has 0 bridgehead atoms. The second-order valence-corrected chi connectivity index (χ2v) is 8.35. The van der Waals surface area contributed by atoms with Crippen LogP contribution in [-0.4, -0.2) is 28.3 Å². The Labute approximate surface area is 190 Å². The number of thioether (sulfide) groups is 1. The van der Waals surface area contributed by atoms with Crippen LogP contribution < -0.4 is 10.9 Å². The maximum absolute atomic E-state index is 13.0. The molecule has 1 aromatic heterocycles. The van der Waals surface area contributed by atoms with E-state index in [1.54, 1.807) is 18.7 Å². The molecule has 1 N–H and O–H groups in total. The molecular weight excluding hydrogens is 429 g/mol. The molecule has 1 heterocycles. The number of nitrogens with zero attached hydrogens (tertiary/aromatic N) is 2. The lowest BCUT2D eigenvalue weighted by Gasteiger charge is -2.14. The number of hydrogen-bond acceptors (Lipinski definition) is 5. The second kappa shape index (κ2) is 11.6. The first-order valence-corrected chi connectivity index (χ1v) is 11.3. The van der Waals surface area contributed by atoms with Gasteiger partial charge in [-0.1, -0.05) is 42.1 Å². The Morgan fingerprint density at radius 3 is 2.56 bits per heavy atom. The third-order valence-corrected chi connectivity index (χ3v) is 5.96. The van der Waals surface area contributed by atoms with Crippen molar-refractivity contribution in [1.29, 1.82) is 0 Å². The van der Waals surface area contributed by atoms with E-state index in [9.17, 15) is 14.0 Å². The van der Waals surface area contributed by atoms with Crippen molar-refractivity contribution in [2.45, 2.75) is 31.0 Å². The zero-order valence-corrected chi connectivity index (χ0v) is 19.0. The van der Waals surface area contributed by atoms with Crippen LogP contribution in [0.15, 0.2) is 64.5 Å². The molecule has 0 aliphatic rings. The van der Waals surface area contributed by atoms with E-state index in [0.29, 0.717) is 47.1 Å². The summed E-state index contributed by atoms with van der Waals surface area (Å²) in [5.74, 6) is 0.138. The number of ether oxygens (including phenoxy) is 1. The van der Waals surface area contributed by atoms with E-state index in [0.717, 1.165) is 5.56 Å². The Hall–Kier alpha value is -2.97. The average Bonchev–Trinajstić information content (AvgIpc) is 2.79. The highest BCUT2D eigenvalue weighted by molar-refractivity contribution is 7.99. The molecule has 0 saturated heterocycles. The molecule has 168 valence electrons. The Morgan fingerprint density at radius 1 is 1.16 bits per heavy atom. The van der Waals surface area contributed by atoms with Crippen LogP contribution in [0, 0.1) is 5.82 Å². The summed E-state index contributed by atoms with van der Waals surface area (Å²) in [6.07, 6.45) is 1.42. The van der Waals surface area contributed by atoms with E-state index < -0.39 is 0 Å². The zero-order valence-electron chi connectivity index (χ0n) is 18.1. The molecule has 2 aromatic carbocycles. The number of anilines is 1. The molecule has 8 heteroatoms. The van der Waals surface area contributed by atoms with Gasteiger partial charge in [-0.25, -0.2) is 9.37 Å². The van der Waals surface area contributed by atoms with Gasteiger partial charge in [-0.15, -0.1) is 0 Å². The van der Waals surface area contributed by atoms with Gasteiger partial charge in [0.2, 0.25) is 5.91 Å². The van der Waals surface area contributed by atoms with Crippen molar-refractivity contribution in [3.05, 3.63) is 87.6 Å². The molecule has 32 heavy (non-hydrogen) atoms. The van der Waals surface area contributed by atoms with Gasteiger partial charge in [0, 0.05) is 44.0 Å². The summed E-state index contributed by atoms with van der Waals surface area (Å²) in [6.45, 7) is 0.256. The Kier molecular flexibility index (Phi) is 8.58. The minimum absolute atomic E-state index is 0.0903. The number of halogens is 1. The molecule has 1 amide bonds. The molecular formula is C24H26FN3O3S. The Balaban J connectivity index is 1.61. The molecule has 0 saturated carbocycles. The molecule has 0 spiro atoms. The number of methoxy groups -OCH3 is 1. The van der Waals surface area contributed by atoms with Crippen molar-refractivity contribution in [2.75, 3.05) is 18.2 Å². The maximum atomic E-state index is 13.0. The first-order chi connectivity index (χ1) is 15.5. The lowest BCUT2D eigenvalue weighted by atomic mass is 10.0. The topological polar surface area (TPSA) is 73.2 Å². The van der Waals surface area contributed by atoms with E-state index in [1.807, 2.05) is 30.3 Å². The Morgan fingerprint density at radius 2 is 1.88 bits per heavy atom. The fourth-order valence-electron chi connectivity index (χ4n) is 3.19. The van der Waals surface area contributed by atoms with Gasteiger partial charge in [-0.2, -0.15) is 0 Å². The Bertz CT molecular complexity index is 1100. The molecule has 0 radical (unpaired) electrons. The van der Waals surface area contributed by atoms with Crippen molar-refractivity contribution in [3.8, 4) is 0 Å². The molecule has 0 atom stereocenters. The molecule has 3 aromatic rings. The maximum Gasteiger partial charge on any atom is 0.257 e. The van der Waals surface area contributed by atoms with Gasteiger partial charge in [-0.05, 0) is 36.2 Å². The number of benzene rings is 2. The highest BCUT2D eigenvalue weighted by atomic mass is 32.2. The van der Waals surface area contributed by atoms with Crippen molar-refractivity contribution in [3.63, 3.8) is 0 Å². The molecule has 0 aliphatic carbocycles. The van der Waals surface area contributed by atoms with Crippen LogP contribution in [0.3, 0.4) is 0 Å². The summed E-state index contributed by atoms with van der Waals surface area (Å²) in [6, 6.07) is 15.4. The molecule has 0 fully saturated rings. The lowest BCUT2D eigenvalue weighted by Crippen LogP contribution is -2.27. The van der Waals surface area contributed by atoms with Gasteiger partial charge >= 0.3 is 0 Å². The summed E-state index contributed by atoms with van der Waals surface area (Å²) in [7, 11) is 3.29. The van der Waals surface area contributed by atoms with Gasteiger partial charge in [0.1, 0.15) is 5.82 Å². The minimum atomic E-state index is -0.347. The largest absolute Gasteiger partial charge is 0.378 e. The molecule has 3 rings (SSSR count). The lowest BCUT2D eigenvalue weighted by molar-refractivity contribution is -0.116. The number of carbonyl (C=O) groups is 1. The van der Waals surface area contributed by atoms with Gasteiger partial charge in [-0.3, -0.25) is 14.2 Å². The molecule has 6 nitrogen and oxygen atoms in total. The van der Waals surface area contributed by atoms with E-state index in [4.69, 9.17) is 4.74 Å². The first-order valence-electron chi connectivity index (χ1n) is 10.3. The summed E-state index contributed by atoms with van der Waals surface area (Å²) in [4.78, 5) is 29.8. The third kappa shape index (κ3) is 6.51. The standard InChI is InChI=1S/C24H26FN3O3S/c1-28-23(30)20(15-17-7-4-3-5-8-17)21(16-31-2)27-24(28)32-14-6-9-22(29)26-19-12-10-18(25)11-13-19/h3-5,7-8,10-13H,6,9,14-16H2,1-2H3,(H,26,29). The van der Waals surface area contributed by atoms with Crippen molar-refractivity contribution in [1.82, 2.24) is 9.55 Å². The zero-order chi connectivity index (χ0) is 22.9. The number of aromatic nitrogens is 2. The van der Waals surface area contributed by atoms with Crippen LogP contribution in [0.5, 0.6) is 0 Å². The van der Waals surface area contributed by atoms with Crippen molar-refractivity contribution >= 4 is 23.4 Å². The monoisotopic (exact) mass is 455 g/mol. The number of nitrogens with one attached hydrogen (secondary N) is 1. The highest BCUT2D eigenvalue weighted by Crippen LogP contribution is 2.19. The van der Waals surface area contributed by atoms with E-state index in [-0.39, 0.29) is 23.9 Å². The van der Waals surface area contributed by atoms with Crippen LogP contribution in [0.4, 0.5) is 10.1 Å². The van der Waals surface area contributed by atoms with Crippen LogP contribution in [0.2, 0.25) is 0 Å². The SMILES string of the molecule is COCc1nc(SCCCC(=O)Nc2ccc(F)cc2)n(C)c(=O)c1Cc1ccccc1. The number of amides is 1. The van der Waals surface area contributed by atoms with Gasteiger partial charge in [0.15, 0.2) is 5.16 Å². The van der Waals surface area contributed by atoms with Gasteiger partial charge in [0.25, 0.3) is 5.56 Å². The van der Waals surface area contributed by atoms with E-state index >= 15 is 0 Å². The fourth-order valence-corrected chi connectivity index (χ4v) is 4.11. The summed E-state index contributed by atoms with van der Waals surface area (Å²) in [5, 5.41) is 3.34. The van der Waals surface area contributed by atoms with Crippen LogP contribution >= 0.6 is 11.8 Å². The second-order valence-electron chi connectivity index (χ2n) is 7.29. The summed E-state index contributed by atoms with van der Waals surface area (Å²) in [5.41, 5.74) is 2.77. The average molecular weight is 456 g/mol.